The van der Waals surface area contributed by atoms with Gasteiger partial charge < -0.3 is 31.5 Å². The molecule has 0 saturated carbocycles. The molecule has 13 nitrogen and oxygen atoms in total. The first kappa shape index (κ1) is 34.7. The number of nitrogens with one attached hydrogen (secondary N) is 2. The summed E-state index contributed by atoms with van der Waals surface area (Å²) in [5.74, 6) is -5.07. The summed E-state index contributed by atoms with van der Waals surface area (Å²) in [4.78, 5) is 51.8. The number of allylic oxidation sites excluding steroid dienone is 1. The van der Waals surface area contributed by atoms with Crippen molar-refractivity contribution < 1.29 is 44.0 Å². The number of carbonyl (C=O) groups excluding carboxylic acids is 1. The number of para-hydroxylation sites is 2. The lowest BCUT2D eigenvalue weighted by molar-refractivity contribution is -0.141. The minimum Gasteiger partial charge on any atom is -0.481 e. The van der Waals surface area contributed by atoms with E-state index < -0.39 is 40.4 Å². The maximum atomic E-state index is 13.8. The first-order valence-electron chi connectivity index (χ1n) is 12.9. The molecular formula is C30H32FN5O8. The van der Waals surface area contributed by atoms with Crippen LogP contribution in [0.25, 0.3) is 11.0 Å². The lowest BCUT2D eigenvalue weighted by atomic mass is 9.76. The molecule has 0 spiro atoms. The average Bonchev–Trinajstić information content (AvgIpc) is 2.96. The van der Waals surface area contributed by atoms with Crippen molar-refractivity contribution in [2.75, 3.05) is 6.61 Å². The van der Waals surface area contributed by atoms with Gasteiger partial charge in [-0.3, -0.25) is 24.8 Å². The minimum atomic E-state index is -2.29. The van der Waals surface area contributed by atoms with Gasteiger partial charge in [-0.15, -0.1) is 0 Å². The van der Waals surface area contributed by atoms with Gasteiger partial charge in [-0.2, -0.15) is 0 Å². The normalized spacial score (nSPS) is 19.1. The van der Waals surface area contributed by atoms with Gasteiger partial charge in [0.05, 0.1) is 35.5 Å². The Labute approximate surface area is 251 Å². The van der Waals surface area contributed by atoms with Gasteiger partial charge in [-0.05, 0) is 43.2 Å². The van der Waals surface area contributed by atoms with E-state index in [0.29, 0.717) is 18.0 Å². The number of hydrogen-bond acceptors (Lipinski definition) is 8. The Kier molecular flexibility index (Phi) is 11.9. The second-order valence-corrected chi connectivity index (χ2v) is 9.67. The van der Waals surface area contributed by atoms with E-state index in [9.17, 15) is 23.9 Å². The van der Waals surface area contributed by atoms with E-state index in [1.165, 1.54) is 6.20 Å². The van der Waals surface area contributed by atoms with Gasteiger partial charge in [0.2, 0.25) is 0 Å². The van der Waals surface area contributed by atoms with E-state index in [1.807, 2.05) is 54.6 Å². The Balaban J connectivity index is 0.000000284. The van der Waals surface area contributed by atoms with Crippen LogP contribution in [-0.2, 0) is 20.8 Å². The van der Waals surface area contributed by atoms with E-state index in [2.05, 4.69) is 15.3 Å². The van der Waals surface area contributed by atoms with Crippen molar-refractivity contribution >= 4 is 40.7 Å². The highest BCUT2D eigenvalue weighted by Crippen LogP contribution is 2.36. The highest BCUT2D eigenvalue weighted by Gasteiger charge is 2.46. The maximum Gasteiger partial charge on any atom is 0.334 e. The van der Waals surface area contributed by atoms with Gasteiger partial charge in [-0.25, -0.2) is 14.2 Å². The third-order valence-electron chi connectivity index (χ3n) is 6.15. The lowest BCUT2D eigenvalue weighted by Crippen LogP contribution is -2.44. The highest BCUT2D eigenvalue weighted by atomic mass is 19.1. The van der Waals surface area contributed by atoms with E-state index in [4.69, 9.17) is 31.3 Å². The summed E-state index contributed by atoms with van der Waals surface area (Å²) in [6.45, 7) is 1.93. The number of carboxylic acids is 3. The topological polar surface area (TPSA) is 237 Å². The van der Waals surface area contributed by atoms with Crippen LogP contribution in [-0.4, -0.2) is 78.4 Å². The average molecular weight is 610 g/mol. The van der Waals surface area contributed by atoms with E-state index in [1.54, 1.807) is 0 Å². The number of halogens is 1. The van der Waals surface area contributed by atoms with Crippen LogP contribution < -0.4 is 11.1 Å². The summed E-state index contributed by atoms with van der Waals surface area (Å²) in [5, 5.41) is 44.8. The van der Waals surface area contributed by atoms with Crippen LogP contribution in [0.15, 0.2) is 84.6 Å². The summed E-state index contributed by atoms with van der Waals surface area (Å²) >= 11 is 0. The molecule has 1 amide bonds. The maximum absolute atomic E-state index is 13.8. The molecule has 0 aliphatic heterocycles. The van der Waals surface area contributed by atoms with Crippen molar-refractivity contribution in [1.82, 2.24) is 15.3 Å². The number of aliphatic hydroxyl groups excluding tert-OH is 1. The van der Waals surface area contributed by atoms with Crippen LogP contribution in [0.1, 0.15) is 29.9 Å². The fraction of sp³-hybridized carbons (Fsp3) is 0.233. The van der Waals surface area contributed by atoms with Gasteiger partial charge in [0.25, 0.3) is 11.9 Å². The van der Waals surface area contributed by atoms with Gasteiger partial charge >= 0.3 is 11.9 Å². The quantitative estimate of drug-likeness (QED) is 0.111. The number of fused-ring (bicyclic) bond motifs is 1. The van der Waals surface area contributed by atoms with Crippen LogP contribution in [0.3, 0.4) is 0 Å². The third kappa shape index (κ3) is 9.25. The number of carbonyl (C=O) groups is 4. The molecule has 3 aromatic rings. The van der Waals surface area contributed by atoms with Crippen LogP contribution in [0.2, 0.25) is 0 Å². The van der Waals surface area contributed by atoms with Gasteiger partial charge in [0.1, 0.15) is 11.5 Å². The number of rotatable bonds is 8. The Morgan fingerprint density at radius 3 is 2.09 bits per heavy atom. The zero-order chi connectivity index (χ0) is 33.1. The molecule has 44 heavy (non-hydrogen) atoms. The summed E-state index contributed by atoms with van der Waals surface area (Å²) < 4.78 is 13.8. The van der Waals surface area contributed by atoms with Crippen LogP contribution in [0.5, 0.6) is 0 Å². The molecule has 1 heterocycles. The van der Waals surface area contributed by atoms with E-state index in [0.717, 1.165) is 37.1 Å². The lowest BCUT2D eigenvalue weighted by Gasteiger charge is -2.29. The Hall–Kier alpha value is -5.50. The molecule has 0 radical (unpaired) electrons. The van der Waals surface area contributed by atoms with Crippen molar-refractivity contribution in [2.45, 2.75) is 32.0 Å². The number of nitrogens with two attached hydrogens (primary N) is 1. The second-order valence-electron chi connectivity index (χ2n) is 9.67. The summed E-state index contributed by atoms with van der Waals surface area (Å²) in [7, 11) is 0. The Morgan fingerprint density at radius 1 is 1.00 bits per heavy atom. The number of amidine groups is 1. The van der Waals surface area contributed by atoms with E-state index >= 15 is 0 Å². The number of nitrogens with zero attached hydrogens (tertiary/aromatic N) is 2. The molecule has 4 rings (SSSR count). The molecule has 14 heteroatoms. The SMILES string of the molecule is CC(=O)O.CC1(F)C=CC(C(=N)N)(C(=O)O)C=C1C(=O)O.O=C(NC(CO)Cc1ccccc1)c1cnc2ccccc2n1. The number of aliphatic carboxylic acids is 3. The minimum absolute atomic E-state index is 0.137. The number of carboxylic acid groups (broad SMARTS) is 3. The van der Waals surface area contributed by atoms with Crippen molar-refractivity contribution in [1.29, 1.82) is 5.41 Å². The number of benzene rings is 2. The largest absolute Gasteiger partial charge is 0.481 e. The zero-order valence-corrected chi connectivity index (χ0v) is 23.8. The second kappa shape index (κ2) is 15.1. The van der Waals surface area contributed by atoms with Crippen LogP contribution in [0.4, 0.5) is 4.39 Å². The number of amides is 1. The summed E-state index contributed by atoms with van der Waals surface area (Å²) in [5.41, 5.74) is 2.71. The molecular weight excluding hydrogens is 577 g/mol. The molecule has 0 saturated heterocycles. The molecule has 232 valence electrons. The molecule has 0 bridgehead atoms. The molecule has 0 fully saturated rings. The highest BCUT2D eigenvalue weighted by molar-refractivity contribution is 6.09. The summed E-state index contributed by atoms with van der Waals surface area (Å²) in [6, 6.07) is 16.7. The zero-order valence-electron chi connectivity index (χ0n) is 23.8. The number of alkyl halides is 1. The predicted octanol–water partition coefficient (Wildman–Crippen LogP) is 2.36. The smallest absolute Gasteiger partial charge is 0.334 e. The fourth-order valence-electron chi connectivity index (χ4n) is 3.87. The first-order chi connectivity index (χ1) is 20.6. The van der Waals surface area contributed by atoms with Crippen molar-refractivity contribution in [3.05, 3.63) is 95.9 Å². The molecule has 2 aromatic carbocycles. The monoisotopic (exact) mass is 609 g/mol. The Bertz CT molecular complexity index is 1570. The standard InChI is InChI=1S/C18H17N3O2.C10H11FN2O4.C2H4O2/c22-12-14(10-13-6-2-1-3-7-13)20-18(23)17-11-19-15-8-4-5-9-16(15)21-17;1-9(11)2-3-10(7(12)13,8(16)17)4-5(9)6(14)15;1-2(3)4/h1-9,11,14,22H,10,12H2,(H,20,23);2-4H,1H3,(H3,12,13)(H,14,15)(H,16,17);1H3,(H,3,4). The first-order valence-corrected chi connectivity index (χ1v) is 12.9. The number of aromatic nitrogens is 2. The summed E-state index contributed by atoms with van der Waals surface area (Å²) in [6.07, 6.45) is 4.33. The van der Waals surface area contributed by atoms with Crippen LogP contribution >= 0.6 is 0 Å². The van der Waals surface area contributed by atoms with Gasteiger partial charge in [-0.1, -0.05) is 48.5 Å². The van der Waals surface area contributed by atoms with Crippen LogP contribution in [0, 0.1) is 10.8 Å². The van der Waals surface area contributed by atoms with E-state index in [-0.39, 0.29) is 24.2 Å². The van der Waals surface area contributed by atoms with Crippen molar-refractivity contribution in [2.24, 2.45) is 11.1 Å². The molecule has 8 N–H and O–H groups in total. The predicted molar refractivity (Wildman–Crippen MR) is 158 cm³/mol. The number of aliphatic hydroxyl groups is 1. The molecule has 1 aliphatic rings. The molecule has 1 aromatic heterocycles. The number of hydrogen-bond donors (Lipinski definition) is 7. The van der Waals surface area contributed by atoms with Gasteiger partial charge in [0, 0.05) is 6.92 Å². The molecule has 3 unspecified atom stereocenters. The fourth-order valence-corrected chi connectivity index (χ4v) is 3.87. The Morgan fingerprint density at radius 2 is 1.57 bits per heavy atom. The molecule has 3 atom stereocenters. The molecule has 1 aliphatic carbocycles. The van der Waals surface area contributed by atoms with Crippen molar-refractivity contribution in [3.63, 3.8) is 0 Å². The van der Waals surface area contributed by atoms with Gasteiger partial charge in [0.15, 0.2) is 11.1 Å². The third-order valence-corrected chi connectivity index (χ3v) is 6.15. The van der Waals surface area contributed by atoms with Crippen molar-refractivity contribution in [3.8, 4) is 0 Å².